The largest absolute Gasteiger partial charge is 0.416 e. The van der Waals surface area contributed by atoms with Crippen molar-refractivity contribution in [1.82, 2.24) is 15.7 Å². The Bertz CT molecular complexity index is 751. The van der Waals surface area contributed by atoms with E-state index in [1.54, 1.807) is 29.7 Å². The highest BCUT2D eigenvalue weighted by molar-refractivity contribution is 5.93. The zero-order valence-corrected chi connectivity index (χ0v) is 10.9. The molecule has 1 aromatic heterocycles. The predicted octanol–water partition coefficient (Wildman–Crippen LogP) is 2.52. The van der Waals surface area contributed by atoms with E-state index in [1.807, 2.05) is 30.3 Å². The Hall–Kier alpha value is -2.99. The summed E-state index contributed by atoms with van der Waals surface area (Å²) in [5, 5.41) is 16.6. The fraction of sp³-hybridized carbons (Fsp3) is 0. The summed E-state index contributed by atoms with van der Waals surface area (Å²) < 4.78 is 5.61. The number of rotatable bonds is 3. The number of amides is 1. The smallest absolute Gasteiger partial charge is 0.274 e. The summed E-state index contributed by atoms with van der Waals surface area (Å²) in [7, 11) is 0. The van der Waals surface area contributed by atoms with E-state index in [1.165, 1.54) is 0 Å². The zero-order valence-electron chi connectivity index (χ0n) is 10.9. The van der Waals surface area contributed by atoms with Crippen LogP contribution in [0.2, 0.25) is 0 Å². The molecule has 104 valence electrons. The van der Waals surface area contributed by atoms with E-state index in [2.05, 4.69) is 10.2 Å². The third kappa shape index (κ3) is 2.65. The number of hydroxylamine groups is 1. The maximum absolute atomic E-state index is 11.2. The first-order valence-electron chi connectivity index (χ1n) is 6.22. The van der Waals surface area contributed by atoms with E-state index in [0.29, 0.717) is 22.9 Å². The molecule has 0 saturated carbocycles. The molecule has 0 spiro atoms. The fourth-order valence-corrected chi connectivity index (χ4v) is 1.87. The standard InChI is InChI=1S/C15H11N3O3/c19-13(18-20)10-6-8-12(9-7-10)15-17-16-14(21-15)11-4-2-1-3-5-11/h1-9,20H,(H,18,19). The highest BCUT2D eigenvalue weighted by Crippen LogP contribution is 2.23. The molecule has 0 bridgehead atoms. The van der Waals surface area contributed by atoms with Crippen molar-refractivity contribution in [3.8, 4) is 22.9 Å². The second-order valence-electron chi connectivity index (χ2n) is 4.30. The number of carbonyl (C=O) groups excluding carboxylic acids is 1. The van der Waals surface area contributed by atoms with Gasteiger partial charge in [0.05, 0.1) is 0 Å². The minimum Gasteiger partial charge on any atom is -0.416 e. The molecule has 0 radical (unpaired) electrons. The summed E-state index contributed by atoms with van der Waals surface area (Å²) in [6.45, 7) is 0. The molecular formula is C15H11N3O3. The van der Waals surface area contributed by atoms with Gasteiger partial charge in [0.25, 0.3) is 5.91 Å². The van der Waals surface area contributed by atoms with Crippen molar-refractivity contribution in [1.29, 1.82) is 0 Å². The maximum atomic E-state index is 11.2. The number of nitrogens with zero attached hydrogens (tertiary/aromatic N) is 2. The normalized spacial score (nSPS) is 10.3. The summed E-state index contributed by atoms with van der Waals surface area (Å²) >= 11 is 0. The molecule has 6 nitrogen and oxygen atoms in total. The van der Waals surface area contributed by atoms with Gasteiger partial charge in [-0.3, -0.25) is 10.0 Å². The van der Waals surface area contributed by atoms with Crippen LogP contribution in [-0.2, 0) is 0 Å². The van der Waals surface area contributed by atoms with Gasteiger partial charge in [0.15, 0.2) is 0 Å². The lowest BCUT2D eigenvalue weighted by atomic mass is 10.1. The molecular weight excluding hydrogens is 270 g/mol. The van der Waals surface area contributed by atoms with Gasteiger partial charge in [0.2, 0.25) is 11.8 Å². The van der Waals surface area contributed by atoms with Crippen molar-refractivity contribution >= 4 is 5.91 Å². The van der Waals surface area contributed by atoms with Crippen molar-refractivity contribution in [3.05, 3.63) is 60.2 Å². The quantitative estimate of drug-likeness (QED) is 0.569. The Morgan fingerprint density at radius 2 is 1.48 bits per heavy atom. The lowest BCUT2D eigenvalue weighted by Gasteiger charge is -1.99. The minimum absolute atomic E-state index is 0.337. The molecule has 0 aliphatic rings. The van der Waals surface area contributed by atoms with Crippen LogP contribution in [0.5, 0.6) is 0 Å². The van der Waals surface area contributed by atoms with Gasteiger partial charge in [-0.15, -0.1) is 10.2 Å². The molecule has 3 aromatic rings. The molecule has 0 saturated heterocycles. The number of carbonyl (C=O) groups is 1. The van der Waals surface area contributed by atoms with Crippen LogP contribution in [0.4, 0.5) is 0 Å². The number of aromatic nitrogens is 2. The van der Waals surface area contributed by atoms with Gasteiger partial charge in [0, 0.05) is 16.7 Å². The number of benzene rings is 2. The Labute approximate surface area is 120 Å². The number of nitrogens with one attached hydrogen (secondary N) is 1. The highest BCUT2D eigenvalue weighted by Gasteiger charge is 2.11. The maximum Gasteiger partial charge on any atom is 0.274 e. The van der Waals surface area contributed by atoms with Crippen molar-refractivity contribution in [2.75, 3.05) is 0 Å². The first-order chi connectivity index (χ1) is 10.3. The Balaban J connectivity index is 1.88. The van der Waals surface area contributed by atoms with Crippen molar-refractivity contribution in [2.45, 2.75) is 0 Å². The molecule has 0 unspecified atom stereocenters. The van der Waals surface area contributed by atoms with Crippen LogP contribution < -0.4 is 5.48 Å². The van der Waals surface area contributed by atoms with Gasteiger partial charge in [-0.1, -0.05) is 18.2 Å². The van der Waals surface area contributed by atoms with Gasteiger partial charge in [-0.25, -0.2) is 5.48 Å². The number of hydrogen-bond donors (Lipinski definition) is 2. The molecule has 6 heteroatoms. The average Bonchev–Trinajstić information content (AvgIpc) is 3.05. The summed E-state index contributed by atoms with van der Waals surface area (Å²) in [4.78, 5) is 11.2. The lowest BCUT2D eigenvalue weighted by Crippen LogP contribution is -2.18. The topological polar surface area (TPSA) is 88.2 Å². The SMILES string of the molecule is O=C(NO)c1ccc(-c2nnc(-c3ccccc3)o2)cc1. The molecule has 1 heterocycles. The van der Waals surface area contributed by atoms with Crippen LogP contribution in [0.25, 0.3) is 22.9 Å². The Morgan fingerprint density at radius 3 is 2.05 bits per heavy atom. The first-order valence-corrected chi connectivity index (χ1v) is 6.22. The van der Waals surface area contributed by atoms with E-state index in [4.69, 9.17) is 9.62 Å². The van der Waals surface area contributed by atoms with Gasteiger partial charge < -0.3 is 4.42 Å². The van der Waals surface area contributed by atoms with Crippen LogP contribution in [0.15, 0.2) is 59.0 Å². The van der Waals surface area contributed by atoms with Crippen LogP contribution in [-0.4, -0.2) is 21.3 Å². The molecule has 2 aromatic carbocycles. The van der Waals surface area contributed by atoms with Crippen molar-refractivity contribution < 1.29 is 14.4 Å². The monoisotopic (exact) mass is 281 g/mol. The van der Waals surface area contributed by atoms with Crippen LogP contribution in [0, 0.1) is 0 Å². The van der Waals surface area contributed by atoms with Crippen LogP contribution >= 0.6 is 0 Å². The molecule has 2 N–H and O–H groups in total. The Kier molecular flexibility index (Phi) is 3.44. The minimum atomic E-state index is -0.572. The van der Waals surface area contributed by atoms with Gasteiger partial charge in [-0.2, -0.15) is 0 Å². The third-order valence-electron chi connectivity index (χ3n) is 2.94. The first kappa shape index (κ1) is 13.0. The Morgan fingerprint density at radius 1 is 0.905 bits per heavy atom. The number of hydrogen-bond acceptors (Lipinski definition) is 5. The summed E-state index contributed by atoms with van der Waals surface area (Å²) in [5.74, 6) is 0.227. The molecule has 0 fully saturated rings. The molecule has 1 amide bonds. The van der Waals surface area contributed by atoms with E-state index < -0.39 is 5.91 Å². The molecule has 3 rings (SSSR count). The lowest BCUT2D eigenvalue weighted by molar-refractivity contribution is 0.0706. The predicted molar refractivity (Wildman–Crippen MR) is 74.4 cm³/mol. The molecule has 0 aliphatic carbocycles. The van der Waals surface area contributed by atoms with Crippen molar-refractivity contribution in [3.63, 3.8) is 0 Å². The van der Waals surface area contributed by atoms with Crippen LogP contribution in [0.3, 0.4) is 0 Å². The summed E-state index contributed by atoms with van der Waals surface area (Å²) in [6, 6.07) is 15.9. The van der Waals surface area contributed by atoms with E-state index >= 15 is 0 Å². The van der Waals surface area contributed by atoms with Gasteiger partial charge in [0.1, 0.15) is 0 Å². The highest BCUT2D eigenvalue weighted by atomic mass is 16.5. The third-order valence-corrected chi connectivity index (χ3v) is 2.94. The van der Waals surface area contributed by atoms with E-state index in [-0.39, 0.29) is 0 Å². The van der Waals surface area contributed by atoms with Crippen LogP contribution in [0.1, 0.15) is 10.4 Å². The van der Waals surface area contributed by atoms with Crippen molar-refractivity contribution in [2.24, 2.45) is 0 Å². The van der Waals surface area contributed by atoms with Gasteiger partial charge >= 0.3 is 0 Å². The summed E-state index contributed by atoms with van der Waals surface area (Å²) in [5.41, 5.74) is 3.45. The molecule has 0 atom stereocenters. The zero-order chi connectivity index (χ0) is 14.7. The summed E-state index contributed by atoms with van der Waals surface area (Å²) in [6.07, 6.45) is 0. The molecule has 0 aliphatic heterocycles. The van der Waals surface area contributed by atoms with Gasteiger partial charge in [-0.05, 0) is 36.4 Å². The van der Waals surface area contributed by atoms with E-state index in [0.717, 1.165) is 5.56 Å². The molecule has 21 heavy (non-hydrogen) atoms. The average molecular weight is 281 g/mol. The second-order valence-corrected chi connectivity index (χ2v) is 4.30. The second kappa shape index (κ2) is 5.56. The van der Waals surface area contributed by atoms with E-state index in [9.17, 15) is 4.79 Å². The fourth-order valence-electron chi connectivity index (χ4n) is 1.87.